The Hall–Kier alpha value is -0.980. The quantitative estimate of drug-likeness (QED) is 0.850. The van der Waals surface area contributed by atoms with Gasteiger partial charge in [0.1, 0.15) is 5.82 Å². The summed E-state index contributed by atoms with van der Waals surface area (Å²) < 4.78 is 39.8. The number of rotatable bonds is 2. The summed E-state index contributed by atoms with van der Waals surface area (Å²) in [6.07, 6.45) is -3.76. The average Bonchev–Trinajstić information content (AvgIpc) is 2.10. The molecule has 15 heavy (non-hydrogen) atoms. The summed E-state index contributed by atoms with van der Waals surface area (Å²) in [6.45, 7) is 1.59. The molecule has 0 fully saturated rings. The highest BCUT2D eigenvalue weighted by Gasteiger charge is 2.32. The van der Waals surface area contributed by atoms with Crippen molar-refractivity contribution in [1.82, 2.24) is 4.98 Å². The third-order valence-electron chi connectivity index (χ3n) is 1.81. The van der Waals surface area contributed by atoms with Crippen LogP contribution >= 0.6 is 15.9 Å². The van der Waals surface area contributed by atoms with Crippen LogP contribution in [0.4, 0.5) is 19.0 Å². The fourth-order valence-corrected chi connectivity index (χ4v) is 1.72. The molecule has 0 aliphatic rings. The van der Waals surface area contributed by atoms with E-state index in [1.54, 1.807) is 6.92 Å². The summed E-state index contributed by atoms with van der Waals surface area (Å²) in [5, 5.41) is 0.219. The van der Waals surface area contributed by atoms with Crippen LogP contribution in [0.25, 0.3) is 0 Å². The first kappa shape index (κ1) is 12.1. The summed E-state index contributed by atoms with van der Waals surface area (Å²) in [6, 6.07) is 0. The molecule has 7 heteroatoms. The summed E-state index contributed by atoms with van der Waals surface area (Å²) in [5.41, 5.74) is 6.29. The van der Waals surface area contributed by atoms with Crippen LogP contribution in [0.1, 0.15) is 11.1 Å². The molecule has 0 unspecified atom stereocenters. The minimum atomic E-state index is -4.72. The van der Waals surface area contributed by atoms with Crippen LogP contribution in [-0.2, 0) is 5.33 Å². The number of hydrogen-bond donors (Lipinski definition) is 1. The van der Waals surface area contributed by atoms with Crippen LogP contribution in [0.15, 0.2) is 6.20 Å². The molecule has 1 heterocycles. The Morgan fingerprint density at radius 2 is 2.13 bits per heavy atom. The van der Waals surface area contributed by atoms with Gasteiger partial charge in [0.2, 0.25) is 0 Å². The highest BCUT2D eigenvalue weighted by atomic mass is 79.9. The Morgan fingerprint density at radius 1 is 1.53 bits per heavy atom. The second-order valence-corrected chi connectivity index (χ2v) is 3.35. The van der Waals surface area contributed by atoms with E-state index in [0.717, 1.165) is 6.20 Å². The number of anilines is 1. The molecule has 0 spiro atoms. The zero-order chi connectivity index (χ0) is 11.6. The van der Waals surface area contributed by atoms with Crippen molar-refractivity contribution in [2.75, 3.05) is 5.73 Å². The summed E-state index contributed by atoms with van der Waals surface area (Å²) in [7, 11) is 0. The number of nitrogens with two attached hydrogens (primary N) is 1. The smallest absolute Gasteiger partial charge is 0.404 e. The van der Waals surface area contributed by atoms with Crippen molar-refractivity contribution in [1.29, 1.82) is 0 Å². The van der Waals surface area contributed by atoms with Crippen LogP contribution in [0.3, 0.4) is 0 Å². The van der Waals surface area contributed by atoms with E-state index < -0.39 is 6.36 Å². The number of ether oxygens (including phenoxy) is 1. The summed E-state index contributed by atoms with van der Waals surface area (Å²) >= 11 is 3.07. The Morgan fingerprint density at radius 3 is 2.60 bits per heavy atom. The Bertz CT molecular complexity index is 368. The summed E-state index contributed by atoms with van der Waals surface area (Å²) in [5.74, 6) is -0.134. The molecule has 1 aromatic rings. The molecule has 0 aliphatic heterocycles. The molecule has 0 amide bonds. The number of aromatic nitrogens is 1. The standard InChI is InChI=1S/C8H8BrF3N2O/c1-4-5(2-9)6(3-14-7(4)13)15-8(10,11)12/h3H,2H2,1H3,(H2,13,14). The van der Waals surface area contributed by atoms with Gasteiger partial charge in [-0.1, -0.05) is 15.9 Å². The van der Waals surface area contributed by atoms with Crippen molar-refractivity contribution in [3.8, 4) is 5.75 Å². The van der Waals surface area contributed by atoms with Gasteiger partial charge in [-0.05, 0) is 12.5 Å². The van der Waals surface area contributed by atoms with Gasteiger partial charge in [-0.2, -0.15) is 0 Å². The molecular formula is C8H8BrF3N2O. The van der Waals surface area contributed by atoms with Crippen molar-refractivity contribution < 1.29 is 17.9 Å². The van der Waals surface area contributed by atoms with E-state index in [4.69, 9.17) is 5.73 Å². The van der Waals surface area contributed by atoms with E-state index >= 15 is 0 Å². The predicted molar refractivity (Wildman–Crippen MR) is 52.7 cm³/mol. The zero-order valence-electron chi connectivity index (χ0n) is 7.73. The molecule has 0 atom stereocenters. The molecule has 0 radical (unpaired) electrons. The lowest BCUT2D eigenvalue weighted by Crippen LogP contribution is -2.18. The van der Waals surface area contributed by atoms with E-state index in [1.165, 1.54) is 0 Å². The third-order valence-corrected chi connectivity index (χ3v) is 2.38. The van der Waals surface area contributed by atoms with Gasteiger partial charge in [-0.25, -0.2) is 4.98 Å². The molecule has 0 bridgehead atoms. The lowest BCUT2D eigenvalue weighted by Gasteiger charge is -2.14. The molecule has 0 saturated heterocycles. The van der Waals surface area contributed by atoms with Crippen LogP contribution in [0.2, 0.25) is 0 Å². The zero-order valence-corrected chi connectivity index (χ0v) is 9.32. The molecule has 2 N–H and O–H groups in total. The molecule has 0 aromatic carbocycles. The van der Waals surface area contributed by atoms with Gasteiger partial charge in [-0.15, -0.1) is 13.2 Å². The molecule has 1 aromatic heterocycles. The van der Waals surface area contributed by atoms with Crippen molar-refractivity contribution in [2.45, 2.75) is 18.6 Å². The van der Waals surface area contributed by atoms with Crippen LogP contribution in [0, 0.1) is 6.92 Å². The first-order valence-corrected chi connectivity index (χ1v) is 5.03. The lowest BCUT2D eigenvalue weighted by atomic mass is 10.1. The van der Waals surface area contributed by atoms with Gasteiger partial charge in [0.25, 0.3) is 0 Å². The number of nitrogen functional groups attached to an aromatic ring is 1. The van der Waals surface area contributed by atoms with Crippen molar-refractivity contribution in [3.63, 3.8) is 0 Å². The van der Waals surface area contributed by atoms with E-state index in [2.05, 4.69) is 25.7 Å². The van der Waals surface area contributed by atoms with Gasteiger partial charge in [0.15, 0.2) is 5.75 Å². The highest BCUT2D eigenvalue weighted by Crippen LogP contribution is 2.31. The number of nitrogens with zero attached hydrogens (tertiary/aromatic N) is 1. The lowest BCUT2D eigenvalue weighted by molar-refractivity contribution is -0.275. The minimum Gasteiger partial charge on any atom is -0.404 e. The first-order chi connectivity index (χ1) is 6.85. The monoisotopic (exact) mass is 284 g/mol. The maximum absolute atomic E-state index is 12.0. The maximum atomic E-state index is 12.0. The van der Waals surface area contributed by atoms with Gasteiger partial charge < -0.3 is 10.5 Å². The molecule has 1 rings (SSSR count). The molecule has 0 aliphatic carbocycles. The van der Waals surface area contributed by atoms with Crippen molar-refractivity contribution in [2.24, 2.45) is 0 Å². The van der Waals surface area contributed by atoms with Gasteiger partial charge in [-0.3, -0.25) is 0 Å². The molecule has 0 saturated carbocycles. The topological polar surface area (TPSA) is 48.1 Å². The Balaban J connectivity index is 3.14. The minimum absolute atomic E-state index is 0.193. The third kappa shape index (κ3) is 2.98. The van der Waals surface area contributed by atoms with E-state index in [0.29, 0.717) is 11.1 Å². The number of halogens is 4. The van der Waals surface area contributed by atoms with E-state index in [-0.39, 0.29) is 16.9 Å². The van der Waals surface area contributed by atoms with Gasteiger partial charge in [0, 0.05) is 10.9 Å². The molecule has 84 valence electrons. The fraction of sp³-hybridized carbons (Fsp3) is 0.375. The Labute approximate surface area is 92.6 Å². The average molecular weight is 285 g/mol. The highest BCUT2D eigenvalue weighted by molar-refractivity contribution is 9.08. The van der Waals surface area contributed by atoms with Crippen LogP contribution in [0.5, 0.6) is 5.75 Å². The molecule has 3 nitrogen and oxygen atoms in total. The number of alkyl halides is 4. The Kier molecular flexibility index (Phi) is 3.43. The predicted octanol–water partition coefficient (Wildman–Crippen LogP) is 2.77. The largest absolute Gasteiger partial charge is 0.573 e. The van der Waals surface area contributed by atoms with Gasteiger partial charge in [0.05, 0.1) is 6.20 Å². The number of hydrogen-bond acceptors (Lipinski definition) is 3. The van der Waals surface area contributed by atoms with Crippen LogP contribution < -0.4 is 10.5 Å². The van der Waals surface area contributed by atoms with Crippen molar-refractivity contribution >= 4 is 21.7 Å². The summed E-state index contributed by atoms with van der Waals surface area (Å²) in [4.78, 5) is 3.60. The number of pyridine rings is 1. The van der Waals surface area contributed by atoms with Crippen molar-refractivity contribution in [3.05, 3.63) is 17.3 Å². The fourth-order valence-electron chi connectivity index (χ4n) is 1.02. The first-order valence-electron chi connectivity index (χ1n) is 3.91. The maximum Gasteiger partial charge on any atom is 0.573 e. The normalized spacial score (nSPS) is 11.5. The van der Waals surface area contributed by atoms with E-state index in [1.807, 2.05) is 0 Å². The second kappa shape index (κ2) is 4.26. The molecular weight excluding hydrogens is 277 g/mol. The SMILES string of the molecule is Cc1c(N)ncc(OC(F)(F)F)c1CBr. The second-order valence-electron chi connectivity index (χ2n) is 2.79. The van der Waals surface area contributed by atoms with Gasteiger partial charge >= 0.3 is 6.36 Å². The van der Waals surface area contributed by atoms with Crippen LogP contribution in [-0.4, -0.2) is 11.3 Å². The van der Waals surface area contributed by atoms with E-state index in [9.17, 15) is 13.2 Å².